The number of primary amides is 1. The number of carbonyl (C=O) groups is 1. The van der Waals surface area contributed by atoms with Gasteiger partial charge in [-0.1, -0.05) is 28.1 Å². The van der Waals surface area contributed by atoms with E-state index in [0.717, 1.165) is 22.9 Å². The summed E-state index contributed by atoms with van der Waals surface area (Å²) in [5.74, 6) is -0.467. The zero-order valence-corrected chi connectivity index (χ0v) is 16.4. The highest BCUT2D eigenvalue weighted by atomic mass is 79.9. The van der Waals surface area contributed by atoms with Crippen LogP contribution in [0.15, 0.2) is 51.8 Å². The lowest BCUT2D eigenvalue weighted by atomic mass is 10.2. The molecule has 1 amide bonds. The van der Waals surface area contributed by atoms with E-state index in [-0.39, 0.29) is 22.8 Å². The Morgan fingerprint density at radius 3 is 2.54 bits per heavy atom. The normalized spacial score (nSPS) is 15.1. The molecule has 1 fully saturated rings. The lowest BCUT2D eigenvalue weighted by molar-refractivity contribution is 0.0995. The smallest absolute Gasteiger partial charge is 0.252 e. The first-order valence-electron chi connectivity index (χ1n) is 8.19. The highest BCUT2D eigenvalue weighted by Crippen LogP contribution is 2.27. The van der Waals surface area contributed by atoms with Gasteiger partial charge in [0.1, 0.15) is 12.4 Å². The molecule has 26 heavy (non-hydrogen) atoms. The third-order valence-corrected chi connectivity index (χ3v) is 6.59. The van der Waals surface area contributed by atoms with Crippen LogP contribution in [0.1, 0.15) is 28.8 Å². The van der Waals surface area contributed by atoms with Crippen molar-refractivity contribution in [1.82, 2.24) is 4.31 Å². The second-order valence-electron chi connectivity index (χ2n) is 6.05. The molecule has 2 aromatic rings. The molecule has 1 aliphatic rings. The number of nitrogens with zero attached hydrogens (tertiary/aromatic N) is 1. The molecular formula is C18H19BrN2O4S. The second-order valence-corrected chi connectivity index (χ2v) is 8.91. The molecule has 0 saturated carbocycles. The number of nitrogens with two attached hydrogens (primary N) is 1. The van der Waals surface area contributed by atoms with Crippen molar-refractivity contribution in [1.29, 1.82) is 0 Å². The van der Waals surface area contributed by atoms with E-state index in [0.29, 0.717) is 13.1 Å². The molecule has 1 saturated heterocycles. The summed E-state index contributed by atoms with van der Waals surface area (Å²) in [6.45, 7) is 1.22. The maximum Gasteiger partial charge on any atom is 0.252 e. The average molecular weight is 439 g/mol. The predicted octanol–water partition coefficient (Wildman–Crippen LogP) is 2.91. The molecule has 1 aliphatic heterocycles. The van der Waals surface area contributed by atoms with E-state index in [1.807, 2.05) is 24.3 Å². The number of amides is 1. The number of benzene rings is 2. The SMILES string of the molecule is NC(=O)c1cc(S(=O)(=O)N2CCCC2)ccc1OCc1cccc(Br)c1. The highest BCUT2D eigenvalue weighted by molar-refractivity contribution is 9.10. The number of ether oxygens (including phenoxy) is 1. The number of halogens is 1. The zero-order chi connectivity index (χ0) is 18.7. The summed E-state index contributed by atoms with van der Waals surface area (Å²) >= 11 is 3.39. The number of sulfonamides is 1. The third-order valence-electron chi connectivity index (χ3n) is 4.20. The van der Waals surface area contributed by atoms with Crippen LogP contribution in [-0.4, -0.2) is 31.7 Å². The molecule has 0 unspecified atom stereocenters. The monoisotopic (exact) mass is 438 g/mol. The van der Waals surface area contributed by atoms with Crippen molar-refractivity contribution in [3.05, 3.63) is 58.1 Å². The van der Waals surface area contributed by atoms with Gasteiger partial charge in [-0.15, -0.1) is 0 Å². The molecule has 0 aromatic heterocycles. The Kier molecular flexibility index (Phi) is 5.64. The summed E-state index contributed by atoms with van der Waals surface area (Å²) in [6, 6.07) is 11.8. The Bertz CT molecular complexity index is 925. The Hall–Kier alpha value is -1.90. The van der Waals surface area contributed by atoms with Crippen molar-refractivity contribution in [3.8, 4) is 5.75 Å². The predicted molar refractivity (Wildman–Crippen MR) is 101 cm³/mol. The zero-order valence-electron chi connectivity index (χ0n) is 14.0. The van der Waals surface area contributed by atoms with E-state index in [9.17, 15) is 13.2 Å². The summed E-state index contributed by atoms with van der Waals surface area (Å²) in [5.41, 5.74) is 6.40. The molecule has 1 heterocycles. The van der Waals surface area contributed by atoms with E-state index in [1.54, 1.807) is 0 Å². The van der Waals surface area contributed by atoms with Crippen LogP contribution >= 0.6 is 15.9 Å². The molecular weight excluding hydrogens is 420 g/mol. The van der Waals surface area contributed by atoms with E-state index in [2.05, 4.69) is 15.9 Å². The van der Waals surface area contributed by atoms with Gasteiger partial charge in [0, 0.05) is 17.6 Å². The largest absolute Gasteiger partial charge is 0.488 e. The van der Waals surface area contributed by atoms with Crippen LogP contribution in [0, 0.1) is 0 Å². The minimum absolute atomic E-state index is 0.0558. The van der Waals surface area contributed by atoms with Crippen molar-refractivity contribution in [2.75, 3.05) is 13.1 Å². The molecule has 8 heteroatoms. The Balaban J connectivity index is 1.86. The summed E-state index contributed by atoms with van der Waals surface area (Å²) < 4.78 is 33.4. The van der Waals surface area contributed by atoms with Gasteiger partial charge in [0.15, 0.2) is 0 Å². The molecule has 0 radical (unpaired) electrons. The molecule has 138 valence electrons. The minimum atomic E-state index is -3.62. The van der Waals surface area contributed by atoms with Crippen molar-refractivity contribution >= 4 is 31.9 Å². The van der Waals surface area contributed by atoms with Crippen LogP contribution in [0.25, 0.3) is 0 Å². The standard InChI is InChI=1S/C18H19BrN2O4S/c19-14-5-3-4-13(10-14)12-25-17-7-6-15(11-16(17)18(20)22)26(23,24)21-8-1-2-9-21/h3-7,10-11H,1-2,8-9,12H2,(H2,20,22). The van der Waals surface area contributed by atoms with Crippen LogP contribution < -0.4 is 10.5 Å². The molecule has 6 nitrogen and oxygen atoms in total. The topological polar surface area (TPSA) is 89.7 Å². The lowest BCUT2D eigenvalue weighted by Gasteiger charge is -2.17. The highest BCUT2D eigenvalue weighted by Gasteiger charge is 2.28. The van der Waals surface area contributed by atoms with Crippen LogP contribution in [0.4, 0.5) is 0 Å². The molecule has 0 atom stereocenters. The van der Waals surface area contributed by atoms with E-state index in [4.69, 9.17) is 10.5 Å². The summed E-state index contributed by atoms with van der Waals surface area (Å²) in [7, 11) is -3.62. The van der Waals surface area contributed by atoms with Crippen molar-refractivity contribution in [2.45, 2.75) is 24.3 Å². The second kappa shape index (κ2) is 7.77. The van der Waals surface area contributed by atoms with Gasteiger partial charge in [0.2, 0.25) is 10.0 Å². The molecule has 0 bridgehead atoms. The van der Waals surface area contributed by atoms with Gasteiger partial charge in [0.05, 0.1) is 10.5 Å². The first-order chi connectivity index (χ1) is 12.4. The lowest BCUT2D eigenvalue weighted by Crippen LogP contribution is -2.28. The number of carbonyl (C=O) groups excluding carboxylic acids is 1. The summed E-state index contributed by atoms with van der Waals surface area (Å²) in [6.07, 6.45) is 1.69. The van der Waals surface area contributed by atoms with Crippen molar-refractivity contribution < 1.29 is 17.9 Å². The van der Waals surface area contributed by atoms with E-state index in [1.165, 1.54) is 22.5 Å². The van der Waals surface area contributed by atoms with Crippen LogP contribution in [0.2, 0.25) is 0 Å². The fraction of sp³-hybridized carbons (Fsp3) is 0.278. The van der Waals surface area contributed by atoms with Crippen LogP contribution in [0.3, 0.4) is 0 Å². The van der Waals surface area contributed by atoms with Crippen LogP contribution in [-0.2, 0) is 16.6 Å². The van der Waals surface area contributed by atoms with Crippen molar-refractivity contribution in [3.63, 3.8) is 0 Å². The van der Waals surface area contributed by atoms with Gasteiger partial charge in [-0.2, -0.15) is 4.31 Å². The quantitative estimate of drug-likeness (QED) is 0.750. The number of rotatable bonds is 6. The third kappa shape index (κ3) is 4.08. The van der Waals surface area contributed by atoms with E-state index >= 15 is 0 Å². The molecule has 2 aromatic carbocycles. The van der Waals surface area contributed by atoms with Gasteiger partial charge in [0.25, 0.3) is 5.91 Å². The van der Waals surface area contributed by atoms with Gasteiger partial charge < -0.3 is 10.5 Å². The van der Waals surface area contributed by atoms with Gasteiger partial charge >= 0.3 is 0 Å². The average Bonchev–Trinajstić information content (AvgIpc) is 3.15. The van der Waals surface area contributed by atoms with E-state index < -0.39 is 15.9 Å². The Morgan fingerprint density at radius 2 is 1.88 bits per heavy atom. The summed E-state index contributed by atoms with van der Waals surface area (Å²) in [4.78, 5) is 11.9. The van der Waals surface area contributed by atoms with Crippen LogP contribution in [0.5, 0.6) is 5.75 Å². The molecule has 0 spiro atoms. The van der Waals surface area contributed by atoms with Gasteiger partial charge in [-0.25, -0.2) is 8.42 Å². The molecule has 2 N–H and O–H groups in total. The Morgan fingerprint density at radius 1 is 1.15 bits per heavy atom. The fourth-order valence-electron chi connectivity index (χ4n) is 2.85. The van der Waals surface area contributed by atoms with Gasteiger partial charge in [-0.3, -0.25) is 4.79 Å². The van der Waals surface area contributed by atoms with Gasteiger partial charge in [-0.05, 0) is 48.7 Å². The van der Waals surface area contributed by atoms with Crippen molar-refractivity contribution in [2.24, 2.45) is 5.73 Å². The Labute approximate surface area is 161 Å². The number of hydrogen-bond acceptors (Lipinski definition) is 4. The minimum Gasteiger partial charge on any atom is -0.488 e. The first-order valence-corrected chi connectivity index (χ1v) is 10.4. The first kappa shape index (κ1) is 18.9. The summed E-state index contributed by atoms with van der Waals surface area (Å²) in [5, 5.41) is 0. The maximum atomic E-state index is 12.7. The fourth-order valence-corrected chi connectivity index (χ4v) is 4.84. The molecule has 0 aliphatic carbocycles. The molecule has 3 rings (SSSR count). The maximum absolute atomic E-state index is 12.7. The number of hydrogen-bond donors (Lipinski definition) is 1.